The SMILES string of the molecule is O=C(c1ccc(Br)nc1)N1CCCC(CO)C1. The van der Waals surface area contributed by atoms with Crippen LogP contribution in [0.15, 0.2) is 22.9 Å². The van der Waals surface area contributed by atoms with E-state index in [0.717, 1.165) is 24.0 Å². The Morgan fingerprint density at radius 2 is 2.41 bits per heavy atom. The van der Waals surface area contributed by atoms with Crippen molar-refractivity contribution in [2.24, 2.45) is 5.92 Å². The first-order chi connectivity index (χ1) is 8.20. The van der Waals surface area contributed by atoms with Crippen molar-refractivity contribution in [2.75, 3.05) is 19.7 Å². The maximum Gasteiger partial charge on any atom is 0.255 e. The molecule has 1 atom stereocenters. The van der Waals surface area contributed by atoms with Gasteiger partial charge in [0.1, 0.15) is 4.60 Å². The minimum absolute atomic E-state index is 0.00292. The van der Waals surface area contributed by atoms with Crippen molar-refractivity contribution < 1.29 is 9.90 Å². The smallest absolute Gasteiger partial charge is 0.255 e. The van der Waals surface area contributed by atoms with Gasteiger partial charge < -0.3 is 10.0 Å². The van der Waals surface area contributed by atoms with Crippen LogP contribution in [0.2, 0.25) is 0 Å². The molecule has 92 valence electrons. The highest BCUT2D eigenvalue weighted by Gasteiger charge is 2.23. The van der Waals surface area contributed by atoms with Gasteiger partial charge in [-0.15, -0.1) is 0 Å². The van der Waals surface area contributed by atoms with Crippen molar-refractivity contribution in [1.29, 1.82) is 0 Å². The zero-order chi connectivity index (χ0) is 12.3. The first kappa shape index (κ1) is 12.5. The molecule has 2 heterocycles. The lowest BCUT2D eigenvalue weighted by atomic mass is 9.98. The van der Waals surface area contributed by atoms with Crippen LogP contribution in [0.25, 0.3) is 0 Å². The van der Waals surface area contributed by atoms with Gasteiger partial charge in [-0.05, 0) is 46.8 Å². The predicted octanol–water partition coefficient (Wildman–Crippen LogP) is 1.69. The molecule has 1 aromatic rings. The van der Waals surface area contributed by atoms with Gasteiger partial charge >= 0.3 is 0 Å². The highest BCUT2D eigenvalue weighted by Crippen LogP contribution is 2.18. The second kappa shape index (κ2) is 5.60. The number of nitrogens with zero attached hydrogens (tertiary/aromatic N) is 2. The second-order valence-corrected chi connectivity index (χ2v) is 5.12. The van der Waals surface area contributed by atoms with Crippen LogP contribution in [0.3, 0.4) is 0 Å². The van der Waals surface area contributed by atoms with E-state index in [9.17, 15) is 4.79 Å². The molecule has 1 amide bonds. The van der Waals surface area contributed by atoms with E-state index < -0.39 is 0 Å². The normalized spacial score (nSPS) is 20.4. The molecule has 1 aliphatic rings. The molecule has 0 spiro atoms. The lowest BCUT2D eigenvalue weighted by molar-refractivity contribution is 0.0620. The molecule has 1 saturated heterocycles. The topological polar surface area (TPSA) is 53.4 Å². The number of hydrogen-bond acceptors (Lipinski definition) is 3. The molecule has 0 aliphatic carbocycles. The van der Waals surface area contributed by atoms with Gasteiger partial charge in [0, 0.05) is 25.9 Å². The second-order valence-electron chi connectivity index (χ2n) is 4.31. The minimum atomic E-state index is 0.00292. The molecular weight excluding hydrogens is 284 g/mol. The average molecular weight is 299 g/mol. The van der Waals surface area contributed by atoms with Crippen molar-refractivity contribution in [3.05, 3.63) is 28.5 Å². The number of pyridine rings is 1. The van der Waals surface area contributed by atoms with E-state index >= 15 is 0 Å². The van der Waals surface area contributed by atoms with E-state index in [0.29, 0.717) is 12.1 Å². The molecular formula is C12H15BrN2O2. The Morgan fingerprint density at radius 1 is 1.59 bits per heavy atom. The van der Waals surface area contributed by atoms with E-state index in [1.807, 2.05) is 0 Å². The number of likely N-dealkylation sites (tertiary alicyclic amines) is 1. The van der Waals surface area contributed by atoms with Crippen LogP contribution in [-0.2, 0) is 0 Å². The molecule has 1 N–H and O–H groups in total. The van der Waals surface area contributed by atoms with Gasteiger partial charge in [0.15, 0.2) is 0 Å². The zero-order valence-corrected chi connectivity index (χ0v) is 11.1. The fourth-order valence-corrected chi connectivity index (χ4v) is 2.32. The summed E-state index contributed by atoms with van der Waals surface area (Å²) < 4.78 is 0.723. The first-order valence-corrected chi connectivity index (χ1v) is 6.51. The highest BCUT2D eigenvalue weighted by atomic mass is 79.9. The third kappa shape index (κ3) is 3.04. The molecule has 1 aliphatic heterocycles. The summed E-state index contributed by atoms with van der Waals surface area (Å²) in [4.78, 5) is 18.0. The van der Waals surface area contributed by atoms with E-state index in [-0.39, 0.29) is 18.4 Å². The van der Waals surface area contributed by atoms with Crippen LogP contribution in [0.1, 0.15) is 23.2 Å². The Kier molecular flexibility index (Phi) is 4.12. The lowest BCUT2D eigenvalue weighted by Crippen LogP contribution is -2.40. The summed E-state index contributed by atoms with van der Waals surface area (Å²) in [5.41, 5.74) is 0.604. The Hall–Kier alpha value is -0.940. The first-order valence-electron chi connectivity index (χ1n) is 5.72. The number of halogens is 1. The molecule has 1 fully saturated rings. The molecule has 0 bridgehead atoms. The molecule has 5 heteroatoms. The van der Waals surface area contributed by atoms with Crippen molar-refractivity contribution >= 4 is 21.8 Å². The van der Waals surface area contributed by atoms with Crippen LogP contribution in [0, 0.1) is 5.92 Å². The molecule has 1 aromatic heterocycles. The summed E-state index contributed by atoms with van der Waals surface area (Å²) in [6.45, 7) is 1.57. The Labute approximate surface area is 109 Å². The maximum absolute atomic E-state index is 12.2. The van der Waals surface area contributed by atoms with Gasteiger partial charge in [-0.25, -0.2) is 4.98 Å². The van der Waals surface area contributed by atoms with Crippen LogP contribution >= 0.6 is 15.9 Å². The van der Waals surface area contributed by atoms with Crippen LogP contribution in [0.5, 0.6) is 0 Å². The molecule has 1 unspecified atom stereocenters. The summed E-state index contributed by atoms with van der Waals surface area (Å²) in [5.74, 6) is 0.222. The number of amides is 1. The van der Waals surface area contributed by atoms with Crippen molar-refractivity contribution in [1.82, 2.24) is 9.88 Å². The summed E-state index contributed by atoms with van der Waals surface area (Å²) in [6, 6.07) is 3.53. The van der Waals surface area contributed by atoms with Crippen LogP contribution in [0.4, 0.5) is 0 Å². The molecule has 0 radical (unpaired) electrons. The number of aliphatic hydroxyl groups excluding tert-OH is 1. The lowest BCUT2D eigenvalue weighted by Gasteiger charge is -2.31. The Balaban J connectivity index is 2.06. The fraction of sp³-hybridized carbons (Fsp3) is 0.500. The number of aromatic nitrogens is 1. The molecule has 17 heavy (non-hydrogen) atoms. The van der Waals surface area contributed by atoms with Gasteiger partial charge in [0.25, 0.3) is 5.91 Å². The number of hydrogen-bond donors (Lipinski definition) is 1. The number of carbonyl (C=O) groups excluding carboxylic acids is 1. The largest absolute Gasteiger partial charge is 0.396 e. The Morgan fingerprint density at radius 3 is 3.06 bits per heavy atom. The average Bonchev–Trinajstić information content (AvgIpc) is 2.39. The van der Waals surface area contributed by atoms with Gasteiger partial charge in [-0.1, -0.05) is 0 Å². The van der Waals surface area contributed by atoms with Gasteiger partial charge in [-0.2, -0.15) is 0 Å². The number of rotatable bonds is 2. The zero-order valence-electron chi connectivity index (χ0n) is 9.47. The monoisotopic (exact) mass is 298 g/mol. The third-order valence-corrected chi connectivity index (χ3v) is 3.51. The minimum Gasteiger partial charge on any atom is -0.396 e. The van der Waals surface area contributed by atoms with Gasteiger partial charge in [0.05, 0.1) is 5.56 Å². The van der Waals surface area contributed by atoms with Crippen LogP contribution < -0.4 is 0 Å². The molecule has 0 saturated carbocycles. The summed E-state index contributed by atoms with van der Waals surface area (Å²) in [7, 11) is 0. The van der Waals surface area contributed by atoms with Crippen molar-refractivity contribution in [3.8, 4) is 0 Å². The Bertz CT molecular complexity index is 394. The van der Waals surface area contributed by atoms with Crippen molar-refractivity contribution in [3.63, 3.8) is 0 Å². The maximum atomic E-state index is 12.2. The van der Waals surface area contributed by atoms with E-state index in [1.165, 1.54) is 0 Å². The summed E-state index contributed by atoms with van der Waals surface area (Å²) in [5, 5.41) is 9.14. The predicted molar refractivity (Wildman–Crippen MR) is 67.7 cm³/mol. The van der Waals surface area contributed by atoms with Crippen molar-refractivity contribution in [2.45, 2.75) is 12.8 Å². The molecule has 4 nitrogen and oxygen atoms in total. The number of aliphatic hydroxyl groups is 1. The highest BCUT2D eigenvalue weighted by molar-refractivity contribution is 9.10. The number of carbonyl (C=O) groups is 1. The summed E-state index contributed by atoms with van der Waals surface area (Å²) in [6.07, 6.45) is 3.54. The van der Waals surface area contributed by atoms with E-state index in [4.69, 9.17) is 5.11 Å². The number of piperidine rings is 1. The van der Waals surface area contributed by atoms with Gasteiger partial charge in [-0.3, -0.25) is 4.79 Å². The van der Waals surface area contributed by atoms with E-state index in [2.05, 4.69) is 20.9 Å². The summed E-state index contributed by atoms with van der Waals surface area (Å²) >= 11 is 3.24. The molecule has 2 rings (SSSR count). The fourth-order valence-electron chi connectivity index (χ4n) is 2.08. The van der Waals surface area contributed by atoms with Gasteiger partial charge in [0.2, 0.25) is 0 Å². The van der Waals surface area contributed by atoms with Crippen LogP contribution in [-0.4, -0.2) is 40.6 Å². The standard InChI is InChI=1S/C12H15BrN2O2/c13-11-4-3-10(6-14-11)12(17)15-5-1-2-9(7-15)8-16/h3-4,6,9,16H,1-2,5,7-8H2. The molecule has 0 aromatic carbocycles. The third-order valence-electron chi connectivity index (χ3n) is 3.04. The quantitative estimate of drug-likeness (QED) is 0.846. The van der Waals surface area contributed by atoms with E-state index in [1.54, 1.807) is 23.2 Å².